The fourth-order valence-corrected chi connectivity index (χ4v) is 4.10. The van der Waals surface area contributed by atoms with E-state index in [1.807, 2.05) is 0 Å². The van der Waals surface area contributed by atoms with Gasteiger partial charge in [-0.2, -0.15) is 4.31 Å². The summed E-state index contributed by atoms with van der Waals surface area (Å²) in [7, 11) is -3.69. The van der Waals surface area contributed by atoms with E-state index in [-0.39, 0.29) is 35.5 Å². The number of halogens is 1. The second-order valence-electron chi connectivity index (χ2n) is 4.76. The number of carbonyl (C=O) groups excluding carboxylic acids is 1. The maximum absolute atomic E-state index is 12.5. The first kappa shape index (κ1) is 15.1. The molecule has 2 rings (SSSR count). The second kappa shape index (κ2) is 5.59. The minimum Gasteiger partial charge on any atom is -0.398 e. The number of hydrogen-bond acceptors (Lipinski definition) is 4. The summed E-state index contributed by atoms with van der Waals surface area (Å²) < 4.78 is 26.3. The second-order valence-corrected chi connectivity index (χ2v) is 7.11. The Morgan fingerprint density at radius 2 is 1.90 bits per heavy atom. The summed E-state index contributed by atoms with van der Waals surface area (Å²) in [6, 6.07) is 4.34. The monoisotopic (exact) mass is 317 g/mol. The Hall–Kier alpha value is -1.31. The Morgan fingerprint density at radius 1 is 1.30 bits per heavy atom. The number of piperidine rings is 1. The van der Waals surface area contributed by atoms with Crippen LogP contribution in [-0.4, -0.2) is 31.7 Å². The molecule has 1 heterocycles. The average Bonchev–Trinajstić information content (AvgIpc) is 2.41. The lowest BCUT2D eigenvalue weighted by Crippen LogP contribution is -2.41. The van der Waals surface area contributed by atoms with Gasteiger partial charge in [-0.1, -0.05) is 11.6 Å². The van der Waals surface area contributed by atoms with Crippen LogP contribution in [0.15, 0.2) is 23.1 Å². The topological polar surface area (TPSA) is 106 Å². The lowest BCUT2D eigenvalue weighted by Gasteiger charge is -2.30. The smallest absolute Gasteiger partial charge is 0.245 e. The van der Waals surface area contributed by atoms with Crippen molar-refractivity contribution in [1.29, 1.82) is 0 Å². The van der Waals surface area contributed by atoms with Gasteiger partial charge in [0.1, 0.15) is 4.90 Å². The molecular weight excluding hydrogens is 302 g/mol. The van der Waals surface area contributed by atoms with Crippen molar-refractivity contribution in [2.24, 2.45) is 11.7 Å². The molecular formula is C12H16ClN3O3S. The van der Waals surface area contributed by atoms with Crippen molar-refractivity contribution in [3.63, 3.8) is 0 Å². The zero-order chi connectivity index (χ0) is 14.9. The van der Waals surface area contributed by atoms with Gasteiger partial charge >= 0.3 is 0 Å². The standard InChI is InChI=1S/C12H16ClN3O3S/c13-9-1-2-10(14)11(7-9)20(18,19)16-5-3-8(4-6-16)12(15)17/h1-2,7-8H,3-6,14H2,(H2,15,17). The maximum Gasteiger partial charge on any atom is 0.245 e. The number of nitrogens with zero attached hydrogens (tertiary/aromatic N) is 1. The molecule has 1 aromatic rings. The van der Waals surface area contributed by atoms with E-state index in [2.05, 4.69) is 0 Å². The first-order valence-corrected chi connectivity index (χ1v) is 7.98. The van der Waals surface area contributed by atoms with E-state index < -0.39 is 10.0 Å². The van der Waals surface area contributed by atoms with Gasteiger partial charge in [0.25, 0.3) is 0 Å². The summed E-state index contributed by atoms with van der Waals surface area (Å²) in [6.45, 7) is 0.504. The molecule has 6 nitrogen and oxygen atoms in total. The third-order valence-electron chi connectivity index (χ3n) is 3.45. The number of nitrogen functional groups attached to an aromatic ring is 1. The Balaban J connectivity index is 2.24. The van der Waals surface area contributed by atoms with Gasteiger partial charge in [0.05, 0.1) is 5.69 Å². The van der Waals surface area contributed by atoms with E-state index in [0.717, 1.165) is 0 Å². The quantitative estimate of drug-likeness (QED) is 0.804. The Kier molecular flexibility index (Phi) is 4.22. The number of primary amides is 1. The van der Waals surface area contributed by atoms with Crippen molar-refractivity contribution in [2.45, 2.75) is 17.7 Å². The number of hydrogen-bond donors (Lipinski definition) is 2. The summed E-state index contributed by atoms with van der Waals surface area (Å²) in [4.78, 5) is 11.1. The lowest BCUT2D eigenvalue weighted by atomic mass is 9.98. The van der Waals surface area contributed by atoms with Crippen LogP contribution in [0.3, 0.4) is 0 Å². The van der Waals surface area contributed by atoms with Crippen molar-refractivity contribution in [3.8, 4) is 0 Å². The number of benzene rings is 1. The summed E-state index contributed by atoms with van der Waals surface area (Å²) in [5.74, 6) is -0.650. The van der Waals surface area contributed by atoms with E-state index in [4.69, 9.17) is 23.1 Å². The van der Waals surface area contributed by atoms with E-state index >= 15 is 0 Å². The SMILES string of the molecule is NC(=O)C1CCN(S(=O)(=O)c2cc(Cl)ccc2N)CC1. The van der Waals surface area contributed by atoms with Crippen LogP contribution in [0.5, 0.6) is 0 Å². The number of rotatable bonds is 3. The zero-order valence-corrected chi connectivity index (χ0v) is 12.3. The van der Waals surface area contributed by atoms with Gasteiger partial charge in [-0.05, 0) is 31.0 Å². The molecule has 1 fully saturated rings. The molecule has 0 unspecified atom stereocenters. The highest BCUT2D eigenvalue weighted by molar-refractivity contribution is 7.89. The van der Waals surface area contributed by atoms with E-state index in [1.165, 1.54) is 22.5 Å². The van der Waals surface area contributed by atoms with E-state index in [0.29, 0.717) is 17.9 Å². The summed E-state index contributed by atoms with van der Waals surface area (Å²) in [5, 5.41) is 0.310. The minimum atomic E-state index is -3.69. The van der Waals surface area contributed by atoms with Crippen molar-refractivity contribution in [1.82, 2.24) is 4.31 Å². The molecule has 0 bridgehead atoms. The summed E-state index contributed by atoms with van der Waals surface area (Å²) >= 11 is 5.83. The maximum atomic E-state index is 12.5. The molecule has 1 aliphatic heterocycles. The van der Waals surface area contributed by atoms with Crippen LogP contribution in [0.2, 0.25) is 5.02 Å². The third kappa shape index (κ3) is 2.89. The molecule has 110 valence electrons. The molecule has 1 aliphatic rings. The highest BCUT2D eigenvalue weighted by Crippen LogP contribution is 2.28. The molecule has 0 spiro atoms. The number of anilines is 1. The molecule has 1 amide bonds. The van der Waals surface area contributed by atoms with Gasteiger partial charge in [-0.3, -0.25) is 4.79 Å². The molecule has 1 aromatic carbocycles. The molecule has 4 N–H and O–H groups in total. The Morgan fingerprint density at radius 3 is 2.45 bits per heavy atom. The first-order valence-electron chi connectivity index (χ1n) is 6.17. The van der Waals surface area contributed by atoms with Gasteiger partial charge in [0.2, 0.25) is 15.9 Å². The number of nitrogens with two attached hydrogens (primary N) is 2. The summed E-state index contributed by atoms with van der Waals surface area (Å²) in [6.07, 6.45) is 0.851. The first-order chi connectivity index (χ1) is 9.32. The van der Waals surface area contributed by atoms with E-state index in [1.54, 1.807) is 0 Å². The van der Waals surface area contributed by atoms with Crippen LogP contribution < -0.4 is 11.5 Å². The molecule has 20 heavy (non-hydrogen) atoms. The van der Waals surface area contributed by atoms with Crippen molar-refractivity contribution >= 4 is 33.2 Å². The van der Waals surface area contributed by atoms with Gasteiger partial charge in [0, 0.05) is 24.0 Å². The largest absolute Gasteiger partial charge is 0.398 e. The Labute approximate surface area is 122 Å². The molecule has 1 saturated heterocycles. The third-order valence-corrected chi connectivity index (χ3v) is 5.64. The number of sulfonamides is 1. The van der Waals surface area contributed by atoms with Gasteiger partial charge < -0.3 is 11.5 Å². The van der Waals surface area contributed by atoms with Crippen LogP contribution in [0, 0.1) is 5.92 Å². The van der Waals surface area contributed by atoms with Crippen molar-refractivity contribution < 1.29 is 13.2 Å². The molecule has 0 saturated carbocycles. The Bertz CT molecular complexity index is 625. The van der Waals surface area contributed by atoms with Crippen LogP contribution >= 0.6 is 11.6 Å². The number of carbonyl (C=O) groups is 1. The average molecular weight is 318 g/mol. The molecule has 0 aromatic heterocycles. The van der Waals surface area contributed by atoms with Gasteiger partial charge in [0.15, 0.2) is 0 Å². The molecule has 0 atom stereocenters. The van der Waals surface area contributed by atoms with Crippen LogP contribution in [0.1, 0.15) is 12.8 Å². The molecule has 8 heteroatoms. The fourth-order valence-electron chi connectivity index (χ4n) is 2.25. The molecule has 0 aliphatic carbocycles. The normalized spacial score (nSPS) is 18.1. The molecule has 0 radical (unpaired) electrons. The summed E-state index contributed by atoms with van der Waals surface area (Å²) in [5.41, 5.74) is 11.1. The lowest BCUT2D eigenvalue weighted by molar-refractivity contribution is -0.122. The fraction of sp³-hybridized carbons (Fsp3) is 0.417. The van der Waals surface area contributed by atoms with Crippen molar-refractivity contribution in [3.05, 3.63) is 23.2 Å². The van der Waals surface area contributed by atoms with Crippen LogP contribution in [-0.2, 0) is 14.8 Å². The van der Waals surface area contributed by atoms with Gasteiger partial charge in [-0.15, -0.1) is 0 Å². The van der Waals surface area contributed by atoms with Gasteiger partial charge in [-0.25, -0.2) is 8.42 Å². The van der Waals surface area contributed by atoms with Crippen molar-refractivity contribution in [2.75, 3.05) is 18.8 Å². The predicted octanol–water partition coefficient (Wildman–Crippen LogP) is 0.808. The van der Waals surface area contributed by atoms with Crippen LogP contribution in [0.4, 0.5) is 5.69 Å². The number of amides is 1. The predicted molar refractivity (Wildman–Crippen MR) is 76.5 cm³/mol. The zero-order valence-electron chi connectivity index (χ0n) is 10.8. The highest BCUT2D eigenvalue weighted by Gasteiger charge is 2.32. The van der Waals surface area contributed by atoms with E-state index in [9.17, 15) is 13.2 Å². The minimum absolute atomic E-state index is 0.00234. The highest BCUT2D eigenvalue weighted by atomic mass is 35.5. The van der Waals surface area contributed by atoms with Crippen LogP contribution in [0.25, 0.3) is 0 Å².